The minimum absolute atomic E-state index is 0.00291. The second-order valence-corrected chi connectivity index (χ2v) is 6.02. The first kappa shape index (κ1) is 22.7. The van der Waals surface area contributed by atoms with Crippen LogP contribution in [0.4, 0.5) is 4.79 Å². The van der Waals surface area contributed by atoms with Crippen LogP contribution in [-0.2, 0) is 4.79 Å². The summed E-state index contributed by atoms with van der Waals surface area (Å²) in [5, 5.41) is 56.4. The SMILES string of the molecule is CC(C)NC(CO)c1noc(C(CC(=O)O)NC(=O)NC(CO)C(O)O)n1. The van der Waals surface area contributed by atoms with Crippen LogP contribution in [0.1, 0.15) is 44.1 Å². The zero-order valence-corrected chi connectivity index (χ0v) is 14.9. The minimum atomic E-state index is -2.01. The quantitative estimate of drug-likeness (QED) is 0.186. The van der Waals surface area contributed by atoms with Crippen LogP contribution in [0.25, 0.3) is 0 Å². The average Bonchev–Trinajstić information content (AvgIpc) is 3.05. The van der Waals surface area contributed by atoms with E-state index >= 15 is 0 Å². The Hall–Kier alpha value is -2.32. The number of hydrogen-bond donors (Lipinski definition) is 8. The van der Waals surface area contributed by atoms with Crippen LogP contribution < -0.4 is 16.0 Å². The average molecular weight is 391 g/mol. The summed E-state index contributed by atoms with van der Waals surface area (Å²) in [6.07, 6.45) is -2.61. The molecule has 13 nitrogen and oxygen atoms in total. The molecule has 0 spiro atoms. The van der Waals surface area contributed by atoms with Crippen molar-refractivity contribution in [3.63, 3.8) is 0 Å². The first-order valence-corrected chi connectivity index (χ1v) is 8.14. The molecule has 13 heteroatoms. The van der Waals surface area contributed by atoms with Crippen molar-refractivity contribution < 1.29 is 39.6 Å². The molecule has 0 aliphatic carbocycles. The highest BCUT2D eigenvalue weighted by Crippen LogP contribution is 2.18. The largest absolute Gasteiger partial charge is 0.481 e. The number of rotatable bonds is 11. The molecule has 0 fully saturated rings. The molecule has 1 rings (SSSR count). The van der Waals surface area contributed by atoms with Crippen molar-refractivity contribution in [2.24, 2.45) is 0 Å². The summed E-state index contributed by atoms with van der Waals surface area (Å²) in [4.78, 5) is 27.0. The van der Waals surface area contributed by atoms with E-state index in [0.29, 0.717) is 0 Å². The van der Waals surface area contributed by atoms with Crippen molar-refractivity contribution in [3.05, 3.63) is 11.7 Å². The molecule has 2 amide bonds. The number of carboxylic acids is 1. The molecule has 1 aromatic rings. The van der Waals surface area contributed by atoms with Gasteiger partial charge in [0.15, 0.2) is 12.1 Å². The van der Waals surface area contributed by atoms with Gasteiger partial charge in [0.05, 0.1) is 25.7 Å². The fourth-order valence-corrected chi connectivity index (χ4v) is 2.10. The summed E-state index contributed by atoms with van der Waals surface area (Å²) < 4.78 is 5.01. The molecule has 0 aromatic carbocycles. The van der Waals surface area contributed by atoms with E-state index in [1.807, 2.05) is 13.8 Å². The van der Waals surface area contributed by atoms with E-state index in [1.165, 1.54) is 0 Å². The fourth-order valence-electron chi connectivity index (χ4n) is 2.10. The number of amides is 2. The van der Waals surface area contributed by atoms with Crippen molar-refractivity contribution in [2.45, 2.75) is 50.7 Å². The summed E-state index contributed by atoms with van der Waals surface area (Å²) in [5.74, 6) is -1.39. The predicted molar refractivity (Wildman–Crippen MR) is 88.2 cm³/mol. The van der Waals surface area contributed by atoms with Gasteiger partial charge < -0.3 is 46.0 Å². The number of carboxylic acid groups (broad SMARTS) is 1. The highest BCUT2D eigenvalue weighted by molar-refractivity contribution is 5.76. The van der Waals surface area contributed by atoms with Crippen molar-refractivity contribution in [3.8, 4) is 0 Å². The van der Waals surface area contributed by atoms with Crippen LogP contribution in [0.5, 0.6) is 0 Å². The third-order valence-electron chi connectivity index (χ3n) is 3.34. The smallest absolute Gasteiger partial charge is 0.315 e. The van der Waals surface area contributed by atoms with Gasteiger partial charge in [-0.2, -0.15) is 4.98 Å². The van der Waals surface area contributed by atoms with Gasteiger partial charge in [-0.3, -0.25) is 4.79 Å². The molecule has 0 saturated carbocycles. The molecule has 8 N–H and O–H groups in total. The summed E-state index contributed by atoms with van der Waals surface area (Å²) >= 11 is 0. The highest BCUT2D eigenvalue weighted by Gasteiger charge is 2.28. The van der Waals surface area contributed by atoms with Crippen LogP contribution in [-0.4, -0.2) is 79.3 Å². The molecule has 154 valence electrons. The minimum Gasteiger partial charge on any atom is -0.481 e. The first-order valence-electron chi connectivity index (χ1n) is 8.14. The molecule has 0 bridgehead atoms. The molecule has 1 heterocycles. The van der Waals surface area contributed by atoms with Crippen LogP contribution in [0.15, 0.2) is 4.52 Å². The van der Waals surface area contributed by atoms with Gasteiger partial charge in [-0.05, 0) is 0 Å². The Morgan fingerprint density at radius 2 is 1.78 bits per heavy atom. The lowest BCUT2D eigenvalue weighted by Gasteiger charge is -2.20. The molecule has 0 radical (unpaired) electrons. The summed E-state index contributed by atoms with van der Waals surface area (Å²) in [5.41, 5.74) is 0. The molecule has 0 aliphatic rings. The monoisotopic (exact) mass is 391 g/mol. The number of hydrogen-bond acceptors (Lipinski definition) is 10. The zero-order valence-electron chi connectivity index (χ0n) is 14.9. The van der Waals surface area contributed by atoms with Gasteiger partial charge in [0.2, 0.25) is 5.89 Å². The van der Waals surface area contributed by atoms with E-state index in [0.717, 1.165) is 0 Å². The Kier molecular flexibility index (Phi) is 9.04. The summed E-state index contributed by atoms with van der Waals surface area (Å²) in [6, 6.07) is -4.22. The third-order valence-corrected chi connectivity index (χ3v) is 3.34. The number of carbonyl (C=O) groups is 2. The number of aliphatic carboxylic acids is 1. The van der Waals surface area contributed by atoms with Crippen molar-refractivity contribution >= 4 is 12.0 Å². The third kappa shape index (κ3) is 7.44. The van der Waals surface area contributed by atoms with Gasteiger partial charge in [0.25, 0.3) is 0 Å². The zero-order chi connectivity index (χ0) is 20.6. The Labute approximate surface area is 154 Å². The van der Waals surface area contributed by atoms with Crippen LogP contribution in [0.3, 0.4) is 0 Å². The Balaban J connectivity index is 2.91. The molecular weight excluding hydrogens is 366 g/mol. The Bertz CT molecular complexity index is 608. The van der Waals surface area contributed by atoms with E-state index < -0.39 is 49.4 Å². The predicted octanol–water partition coefficient (Wildman–Crippen LogP) is -2.41. The van der Waals surface area contributed by atoms with Gasteiger partial charge in [-0.25, -0.2) is 4.79 Å². The van der Waals surface area contributed by atoms with Gasteiger partial charge in [0.1, 0.15) is 12.1 Å². The number of carbonyl (C=O) groups excluding carboxylic acids is 1. The van der Waals surface area contributed by atoms with Crippen LogP contribution in [0, 0.1) is 0 Å². The second-order valence-electron chi connectivity index (χ2n) is 6.02. The lowest BCUT2D eigenvalue weighted by atomic mass is 10.2. The number of nitrogens with one attached hydrogen (secondary N) is 3. The lowest BCUT2D eigenvalue weighted by molar-refractivity contribution is -0.137. The molecule has 1 aromatic heterocycles. The molecule has 3 unspecified atom stereocenters. The second kappa shape index (κ2) is 10.7. The molecule has 3 atom stereocenters. The van der Waals surface area contributed by atoms with Crippen LogP contribution >= 0.6 is 0 Å². The highest BCUT2D eigenvalue weighted by atomic mass is 16.5. The maximum absolute atomic E-state index is 11.9. The topological polar surface area (TPSA) is 210 Å². The molecular formula is C14H25N5O8. The van der Waals surface area contributed by atoms with Crippen molar-refractivity contribution in [2.75, 3.05) is 13.2 Å². The van der Waals surface area contributed by atoms with Crippen molar-refractivity contribution in [1.82, 2.24) is 26.1 Å². The molecule has 0 aliphatic heterocycles. The Morgan fingerprint density at radius 3 is 2.26 bits per heavy atom. The Morgan fingerprint density at radius 1 is 1.11 bits per heavy atom. The summed E-state index contributed by atoms with van der Waals surface area (Å²) in [7, 11) is 0. The number of urea groups is 1. The first-order chi connectivity index (χ1) is 12.7. The fraction of sp³-hybridized carbons (Fsp3) is 0.714. The maximum atomic E-state index is 11.9. The summed E-state index contributed by atoms with van der Waals surface area (Å²) in [6.45, 7) is 2.60. The number of aliphatic hydroxyl groups is 4. The standard InChI is InChI=1S/C14H25N5O8/c1-6(2)15-8(4-20)11-18-12(27-19-11)7(3-10(22)23)16-14(26)17-9(5-21)13(24)25/h6-9,13,15,20-21,24-25H,3-5H2,1-2H3,(H,22,23)(H2,16,17,26). The van der Waals surface area contributed by atoms with Gasteiger partial charge in [-0.1, -0.05) is 19.0 Å². The molecule has 0 saturated heterocycles. The lowest BCUT2D eigenvalue weighted by Crippen LogP contribution is -2.50. The maximum Gasteiger partial charge on any atom is 0.315 e. The van der Waals surface area contributed by atoms with E-state index in [2.05, 4.69) is 26.1 Å². The number of nitrogens with zero attached hydrogens (tertiary/aromatic N) is 2. The van der Waals surface area contributed by atoms with Gasteiger partial charge >= 0.3 is 12.0 Å². The van der Waals surface area contributed by atoms with Gasteiger partial charge in [0, 0.05) is 6.04 Å². The number of aliphatic hydroxyl groups excluding tert-OH is 3. The van der Waals surface area contributed by atoms with Crippen LogP contribution in [0.2, 0.25) is 0 Å². The van der Waals surface area contributed by atoms with E-state index in [9.17, 15) is 14.7 Å². The van der Waals surface area contributed by atoms with E-state index in [1.54, 1.807) is 0 Å². The number of aromatic nitrogens is 2. The molecule has 27 heavy (non-hydrogen) atoms. The van der Waals surface area contributed by atoms with E-state index in [4.69, 9.17) is 24.9 Å². The van der Waals surface area contributed by atoms with Crippen molar-refractivity contribution in [1.29, 1.82) is 0 Å². The normalized spacial score (nSPS) is 14.8. The van der Waals surface area contributed by atoms with Gasteiger partial charge in [-0.15, -0.1) is 0 Å². The van der Waals surface area contributed by atoms with E-state index in [-0.39, 0.29) is 24.4 Å².